The van der Waals surface area contributed by atoms with Crippen LogP contribution in [0.4, 0.5) is 0 Å². The number of hydrogen-bond donors (Lipinski definition) is 0. The van der Waals surface area contributed by atoms with Crippen LogP contribution in [0.25, 0.3) is 0 Å². The highest BCUT2D eigenvalue weighted by Crippen LogP contribution is 2.21. The molecule has 4 nitrogen and oxygen atoms in total. The highest BCUT2D eigenvalue weighted by Gasteiger charge is 2.17. The van der Waals surface area contributed by atoms with E-state index in [-0.39, 0.29) is 5.91 Å². The van der Waals surface area contributed by atoms with Crippen molar-refractivity contribution in [1.82, 2.24) is 15.1 Å². The van der Waals surface area contributed by atoms with Crippen LogP contribution in [-0.2, 0) is 13.0 Å². The number of amides is 1. The summed E-state index contributed by atoms with van der Waals surface area (Å²) in [5, 5.41) is 10.1. The van der Waals surface area contributed by atoms with Gasteiger partial charge < -0.3 is 4.90 Å². The van der Waals surface area contributed by atoms with Gasteiger partial charge in [0, 0.05) is 21.8 Å². The predicted octanol–water partition coefficient (Wildman–Crippen LogP) is 3.44. The van der Waals surface area contributed by atoms with Crippen LogP contribution in [0.5, 0.6) is 0 Å². The van der Waals surface area contributed by atoms with E-state index in [2.05, 4.69) is 26.1 Å². The standard InChI is InChI=1S/C14H16BrN3OS/c1-4-13-12(5-9(2)16-17-13)14(19)18(3)7-11-6-10(15)8-20-11/h5-6,8H,4,7H2,1-3H3. The number of hydrogen-bond acceptors (Lipinski definition) is 4. The van der Waals surface area contributed by atoms with E-state index in [1.165, 1.54) is 0 Å². The summed E-state index contributed by atoms with van der Waals surface area (Å²) in [5.74, 6) is -0.00984. The average molecular weight is 354 g/mol. The molecule has 0 aliphatic rings. The van der Waals surface area contributed by atoms with Crippen molar-refractivity contribution in [3.8, 4) is 0 Å². The molecule has 0 spiro atoms. The molecule has 2 heterocycles. The molecule has 0 aliphatic heterocycles. The number of halogens is 1. The van der Waals surface area contributed by atoms with Crippen LogP contribution in [-0.4, -0.2) is 28.1 Å². The van der Waals surface area contributed by atoms with Gasteiger partial charge in [0.1, 0.15) is 0 Å². The summed E-state index contributed by atoms with van der Waals surface area (Å²) in [5.41, 5.74) is 2.16. The lowest BCUT2D eigenvalue weighted by atomic mass is 10.1. The van der Waals surface area contributed by atoms with Crippen molar-refractivity contribution in [2.24, 2.45) is 0 Å². The molecular formula is C14H16BrN3OS. The van der Waals surface area contributed by atoms with Crippen molar-refractivity contribution in [3.63, 3.8) is 0 Å². The second kappa shape index (κ2) is 6.45. The minimum atomic E-state index is -0.00984. The molecule has 0 N–H and O–H groups in total. The van der Waals surface area contributed by atoms with E-state index >= 15 is 0 Å². The van der Waals surface area contributed by atoms with Gasteiger partial charge in [0.25, 0.3) is 5.91 Å². The first-order valence-corrected chi connectivity index (χ1v) is 8.00. The lowest BCUT2D eigenvalue weighted by molar-refractivity contribution is 0.0784. The lowest BCUT2D eigenvalue weighted by Gasteiger charge is -2.17. The molecule has 0 fully saturated rings. The normalized spacial score (nSPS) is 10.6. The van der Waals surface area contributed by atoms with Gasteiger partial charge in [-0.3, -0.25) is 4.79 Å². The molecule has 106 valence electrons. The molecule has 20 heavy (non-hydrogen) atoms. The van der Waals surface area contributed by atoms with Crippen LogP contribution >= 0.6 is 27.3 Å². The third kappa shape index (κ3) is 3.43. The van der Waals surface area contributed by atoms with Gasteiger partial charge in [-0.25, -0.2) is 0 Å². The summed E-state index contributed by atoms with van der Waals surface area (Å²) in [6, 6.07) is 3.85. The fraction of sp³-hybridized carbons (Fsp3) is 0.357. The number of carbonyl (C=O) groups excluding carboxylic acids is 1. The summed E-state index contributed by atoms with van der Waals surface area (Å²) in [6.45, 7) is 4.42. The summed E-state index contributed by atoms with van der Waals surface area (Å²) < 4.78 is 1.05. The Labute approximate surface area is 131 Å². The molecule has 0 unspecified atom stereocenters. The van der Waals surface area contributed by atoms with Gasteiger partial charge in [0.2, 0.25) is 0 Å². The van der Waals surface area contributed by atoms with Crippen molar-refractivity contribution in [2.75, 3.05) is 7.05 Å². The van der Waals surface area contributed by atoms with Gasteiger partial charge in [-0.1, -0.05) is 6.92 Å². The van der Waals surface area contributed by atoms with Gasteiger partial charge >= 0.3 is 0 Å². The van der Waals surface area contributed by atoms with Crippen LogP contribution in [0, 0.1) is 6.92 Å². The van der Waals surface area contributed by atoms with Crippen molar-refractivity contribution in [1.29, 1.82) is 0 Å². The Morgan fingerprint density at radius 3 is 2.75 bits per heavy atom. The summed E-state index contributed by atoms with van der Waals surface area (Å²) in [7, 11) is 1.81. The van der Waals surface area contributed by atoms with Gasteiger partial charge in [-0.15, -0.1) is 11.3 Å². The Morgan fingerprint density at radius 2 is 2.15 bits per heavy atom. The number of rotatable bonds is 4. The van der Waals surface area contributed by atoms with Gasteiger partial charge in [0.05, 0.1) is 23.5 Å². The van der Waals surface area contributed by atoms with Crippen molar-refractivity contribution < 1.29 is 4.79 Å². The molecule has 0 radical (unpaired) electrons. The molecule has 0 aromatic carbocycles. The summed E-state index contributed by atoms with van der Waals surface area (Å²) in [4.78, 5) is 15.4. The zero-order chi connectivity index (χ0) is 14.7. The zero-order valence-corrected chi connectivity index (χ0v) is 14.1. The number of thiophene rings is 1. The third-order valence-electron chi connectivity index (χ3n) is 2.92. The molecule has 2 aromatic rings. The van der Waals surface area contributed by atoms with Crippen LogP contribution in [0.1, 0.15) is 33.5 Å². The maximum atomic E-state index is 12.5. The smallest absolute Gasteiger partial charge is 0.255 e. The van der Waals surface area contributed by atoms with Gasteiger partial charge in [0.15, 0.2) is 0 Å². The largest absolute Gasteiger partial charge is 0.337 e. The monoisotopic (exact) mass is 353 g/mol. The maximum Gasteiger partial charge on any atom is 0.255 e. The second-order valence-electron chi connectivity index (χ2n) is 4.59. The minimum absolute atomic E-state index is 0.00984. The minimum Gasteiger partial charge on any atom is -0.337 e. The Bertz CT molecular complexity index is 627. The third-order valence-corrected chi connectivity index (χ3v) is 4.60. The number of aryl methyl sites for hydroxylation is 2. The van der Waals surface area contributed by atoms with E-state index in [1.807, 2.05) is 38.4 Å². The fourth-order valence-corrected chi connectivity index (χ4v) is 3.41. The topological polar surface area (TPSA) is 46.1 Å². The van der Waals surface area contributed by atoms with Crippen LogP contribution in [0.3, 0.4) is 0 Å². The summed E-state index contributed by atoms with van der Waals surface area (Å²) in [6.07, 6.45) is 0.701. The highest BCUT2D eigenvalue weighted by molar-refractivity contribution is 9.10. The van der Waals surface area contributed by atoms with Crippen molar-refractivity contribution in [3.05, 3.63) is 43.8 Å². The molecule has 1 amide bonds. The molecule has 6 heteroatoms. The Balaban J connectivity index is 2.20. The van der Waals surface area contributed by atoms with E-state index in [0.29, 0.717) is 18.5 Å². The van der Waals surface area contributed by atoms with Crippen molar-refractivity contribution in [2.45, 2.75) is 26.8 Å². The van der Waals surface area contributed by atoms with Crippen LogP contribution in [0.15, 0.2) is 22.0 Å². The van der Waals surface area contributed by atoms with E-state index in [9.17, 15) is 4.79 Å². The highest BCUT2D eigenvalue weighted by atomic mass is 79.9. The van der Waals surface area contributed by atoms with Crippen LogP contribution in [0.2, 0.25) is 0 Å². The zero-order valence-electron chi connectivity index (χ0n) is 11.7. The molecule has 0 saturated carbocycles. The number of carbonyl (C=O) groups is 1. The molecule has 0 atom stereocenters. The molecule has 0 bridgehead atoms. The van der Waals surface area contributed by atoms with E-state index in [4.69, 9.17) is 0 Å². The second-order valence-corrected chi connectivity index (χ2v) is 6.50. The van der Waals surface area contributed by atoms with E-state index in [1.54, 1.807) is 16.2 Å². The average Bonchev–Trinajstić information content (AvgIpc) is 2.83. The summed E-state index contributed by atoms with van der Waals surface area (Å²) >= 11 is 5.06. The SMILES string of the molecule is CCc1nnc(C)cc1C(=O)N(C)Cc1cc(Br)cs1. The number of aromatic nitrogens is 2. The lowest BCUT2D eigenvalue weighted by Crippen LogP contribution is -2.27. The molecular weight excluding hydrogens is 338 g/mol. The molecule has 0 aliphatic carbocycles. The van der Waals surface area contributed by atoms with E-state index in [0.717, 1.165) is 20.7 Å². The molecule has 2 rings (SSSR count). The van der Waals surface area contributed by atoms with E-state index < -0.39 is 0 Å². The Kier molecular flexibility index (Phi) is 4.88. The predicted molar refractivity (Wildman–Crippen MR) is 84.0 cm³/mol. The first-order chi connectivity index (χ1) is 9.51. The van der Waals surface area contributed by atoms with Crippen LogP contribution < -0.4 is 0 Å². The molecule has 0 saturated heterocycles. The fourth-order valence-electron chi connectivity index (χ4n) is 1.91. The first kappa shape index (κ1) is 15.1. The molecule has 2 aromatic heterocycles. The van der Waals surface area contributed by atoms with Gasteiger partial charge in [-0.2, -0.15) is 10.2 Å². The van der Waals surface area contributed by atoms with Gasteiger partial charge in [-0.05, 0) is 41.4 Å². The first-order valence-electron chi connectivity index (χ1n) is 6.32. The Morgan fingerprint density at radius 1 is 1.40 bits per heavy atom. The Hall–Kier alpha value is -1.27. The quantitative estimate of drug-likeness (QED) is 0.845. The maximum absolute atomic E-state index is 12.5. The number of nitrogens with zero attached hydrogens (tertiary/aromatic N) is 3. The van der Waals surface area contributed by atoms with Crippen molar-refractivity contribution >= 4 is 33.2 Å².